The van der Waals surface area contributed by atoms with Gasteiger partial charge in [-0.25, -0.2) is 0 Å². The lowest BCUT2D eigenvalue weighted by molar-refractivity contribution is -0.160. The van der Waals surface area contributed by atoms with Crippen molar-refractivity contribution >= 4 is 11.9 Å². The molecule has 184 valence electrons. The number of carbonyl (C=O) groups is 2. The van der Waals surface area contributed by atoms with Gasteiger partial charge < -0.3 is 9.84 Å². The van der Waals surface area contributed by atoms with Crippen molar-refractivity contribution in [3.63, 3.8) is 0 Å². The number of hydrogen-bond donors (Lipinski definition) is 2. The molecule has 35 heavy (non-hydrogen) atoms. The fourth-order valence-corrected chi connectivity index (χ4v) is 4.24. The molecule has 3 rings (SSSR count). The zero-order chi connectivity index (χ0) is 25.7. The average Bonchev–Trinajstić information content (AvgIpc) is 2.82. The molecule has 0 saturated heterocycles. The summed E-state index contributed by atoms with van der Waals surface area (Å²) in [4.78, 5) is 25.6. The second-order valence-electron chi connectivity index (χ2n) is 10.5. The number of aliphatic carboxylic acids is 1. The van der Waals surface area contributed by atoms with Gasteiger partial charge in [-0.3, -0.25) is 14.9 Å². The van der Waals surface area contributed by atoms with E-state index in [4.69, 9.17) is 4.74 Å². The molecule has 0 aliphatic heterocycles. The zero-order valence-electron chi connectivity index (χ0n) is 21.1. The normalized spacial score (nSPS) is 13.2. The van der Waals surface area contributed by atoms with Gasteiger partial charge in [0.05, 0.1) is 11.0 Å². The van der Waals surface area contributed by atoms with Crippen molar-refractivity contribution in [3.05, 3.63) is 108 Å². The number of benzene rings is 3. The van der Waals surface area contributed by atoms with Crippen molar-refractivity contribution < 1.29 is 19.4 Å². The van der Waals surface area contributed by atoms with Crippen molar-refractivity contribution in [2.45, 2.75) is 58.2 Å². The molecule has 0 aliphatic rings. The third kappa shape index (κ3) is 6.17. The van der Waals surface area contributed by atoms with Crippen LogP contribution in [0.25, 0.3) is 0 Å². The molecule has 5 nitrogen and oxygen atoms in total. The molecule has 0 radical (unpaired) electrons. The van der Waals surface area contributed by atoms with E-state index in [1.807, 2.05) is 112 Å². The number of esters is 1. The van der Waals surface area contributed by atoms with Crippen LogP contribution in [-0.4, -0.2) is 28.7 Å². The van der Waals surface area contributed by atoms with Crippen molar-refractivity contribution in [2.75, 3.05) is 0 Å². The Morgan fingerprint density at radius 2 is 1.11 bits per heavy atom. The summed E-state index contributed by atoms with van der Waals surface area (Å²) in [6.07, 6.45) is 0.0471. The lowest BCUT2D eigenvalue weighted by atomic mass is 9.75. The van der Waals surface area contributed by atoms with Gasteiger partial charge >= 0.3 is 11.9 Å². The van der Waals surface area contributed by atoms with E-state index in [1.165, 1.54) is 0 Å². The Morgan fingerprint density at radius 1 is 0.743 bits per heavy atom. The molecule has 0 spiro atoms. The summed E-state index contributed by atoms with van der Waals surface area (Å²) >= 11 is 0. The highest BCUT2D eigenvalue weighted by Gasteiger charge is 2.43. The highest BCUT2D eigenvalue weighted by atomic mass is 16.6. The first-order chi connectivity index (χ1) is 16.5. The van der Waals surface area contributed by atoms with Gasteiger partial charge in [-0.05, 0) is 57.7 Å². The first-order valence-electron chi connectivity index (χ1n) is 11.9. The van der Waals surface area contributed by atoms with Gasteiger partial charge in [-0.15, -0.1) is 0 Å². The molecule has 0 aliphatic carbocycles. The smallest absolute Gasteiger partial charge is 0.323 e. The van der Waals surface area contributed by atoms with E-state index in [9.17, 15) is 14.7 Å². The molecule has 0 fully saturated rings. The molecule has 5 heteroatoms. The number of carboxylic acids is 1. The van der Waals surface area contributed by atoms with Crippen LogP contribution in [0.1, 0.15) is 57.7 Å². The quantitative estimate of drug-likeness (QED) is 0.304. The molecule has 0 saturated carbocycles. The maximum atomic E-state index is 13.6. The highest BCUT2D eigenvalue weighted by molar-refractivity contribution is 5.80. The molecule has 0 bridgehead atoms. The van der Waals surface area contributed by atoms with E-state index in [0.717, 1.165) is 16.7 Å². The van der Waals surface area contributed by atoms with Crippen LogP contribution in [0, 0.1) is 5.41 Å². The van der Waals surface area contributed by atoms with Gasteiger partial charge in [-0.1, -0.05) is 91.0 Å². The molecule has 3 aromatic carbocycles. The van der Waals surface area contributed by atoms with Crippen molar-refractivity contribution in [2.24, 2.45) is 5.41 Å². The minimum atomic E-state index is -1.16. The third-order valence-electron chi connectivity index (χ3n) is 6.00. The Hall–Kier alpha value is -3.44. The molecule has 2 N–H and O–H groups in total. The number of carboxylic acid groups (broad SMARTS) is 1. The Labute approximate surface area is 208 Å². The van der Waals surface area contributed by atoms with Crippen LogP contribution in [0.5, 0.6) is 0 Å². The fraction of sp³-hybridized carbons (Fsp3) is 0.333. The van der Waals surface area contributed by atoms with Gasteiger partial charge in [0.15, 0.2) is 0 Å². The summed E-state index contributed by atoms with van der Waals surface area (Å²) in [5.74, 6) is -1.46. The SMILES string of the molecule is CC(C)(C)OC(=O)[C@H](CC(C)(C)C(=O)O)NC(c1ccccc1)(c1ccccc1)c1ccccc1. The van der Waals surface area contributed by atoms with Crippen LogP contribution in [-0.2, 0) is 19.9 Å². The van der Waals surface area contributed by atoms with Crippen LogP contribution in [0.2, 0.25) is 0 Å². The lowest BCUT2D eigenvalue weighted by Gasteiger charge is -2.41. The van der Waals surface area contributed by atoms with Crippen LogP contribution < -0.4 is 5.32 Å². The zero-order valence-corrected chi connectivity index (χ0v) is 21.1. The first kappa shape index (κ1) is 26.2. The number of rotatable bonds is 9. The van der Waals surface area contributed by atoms with E-state index in [0.29, 0.717) is 0 Å². The second kappa shape index (κ2) is 10.4. The summed E-state index contributed by atoms with van der Waals surface area (Å²) in [5.41, 5.74) is -0.0267. The van der Waals surface area contributed by atoms with Crippen molar-refractivity contribution in [1.82, 2.24) is 5.32 Å². The summed E-state index contributed by atoms with van der Waals surface area (Å²) < 4.78 is 5.78. The van der Waals surface area contributed by atoms with Crippen LogP contribution in [0.15, 0.2) is 91.0 Å². The molecular formula is C30H35NO4. The van der Waals surface area contributed by atoms with Gasteiger partial charge in [0.2, 0.25) is 0 Å². The van der Waals surface area contributed by atoms with Crippen LogP contribution >= 0.6 is 0 Å². The molecule has 1 atom stereocenters. The minimum absolute atomic E-state index is 0.0471. The van der Waals surface area contributed by atoms with E-state index in [2.05, 4.69) is 5.32 Å². The highest BCUT2D eigenvalue weighted by Crippen LogP contribution is 2.38. The monoisotopic (exact) mass is 473 g/mol. The summed E-state index contributed by atoms with van der Waals surface area (Å²) in [6, 6.07) is 28.8. The molecule has 0 heterocycles. The molecule has 0 aromatic heterocycles. The van der Waals surface area contributed by atoms with Gasteiger partial charge in [0.1, 0.15) is 11.6 Å². The maximum Gasteiger partial charge on any atom is 0.323 e. The predicted octanol–water partition coefficient (Wildman–Crippen LogP) is 5.78. The Kier molecular flexibility index (Phi) is 7.81. The van der Waals surface area contributed by atoms with E-state index in [1.54, 1.807) is 13.8 Å². The molecule has 0 amide bonds. The minimum Gasteiger partial charge on any atom is -0.481 e. The Balaban J connectivity index is 2.26. The van der Waals surface area contributed by atoms with Crippen LogP contribution in [0.3, 0.4) is 0 Å². The first-order valence-corrected chi connectivity index (χ1v) is 11.9. The van der Waals surface area contributed by atoms with Crippen molar-refractivity contribution in [1.29, 1.82) is 0 Å². The number of hydrogen-bond acceptors (Lipinski definition) is 4. The molecule has 3 aromatic rings. The molecule has 0 unspecified atom stereocenters. The van der Waals surface area contributed by atoms with E-state index < -0.39 is 34.5 Å². The largest absolute Gasteiger partial charge is 0.481 e. The maximum absolute atomic E-state index is 13.6. The van der Waals surface area contributed by atoms with E-state index >= 15 is 0 Å². The topological polar surface area (TPSA) is 75.6 Å². The van der Waals surface area contributed by atoms with E-state index in [-0.39, 0.29) is 6.42 Å². The number of carbonyl (C=O) groups excluding carboxylic acids is 1. The molecular weight excluding hydrogens is 438 g/mol. The number of ether oxygens (including phenoxy) is 1. The predicted molar refractivity (Wildman–Crippen MR) is 138 cm³/mol. The summed E-state index contributed by atoms with van der Waals surface area (Å²) in [7, 11) is 0. The summed E-state index contributed by atoms with van der Waals surface area (Å²) in [5, 5.41) is 13.5. The fourth-order valence-electron chi connectivity index (χ4n) is 4.24. The lowest BCUT2D eigenvalue weighted by Crippen LogP contribution is -2.55. The summed E-state index contributed by atoms with van der Waals surface area (Å²) in [6.45, 7) is 8.68. The van der Waals surface area contributed by atoms with Gasteiger partial charge in [0, 0.05) is 0 Å². The second-order valence-corrected chi connectivity index (χ2v) is 10.5. The van der Waals surface area contributed by atoms with Gasteiger partial charge in [0.25, 0.3) is 0 Å². The van der Waals surface area contributed by atoms with Crippen molar-refractivity contribution in [3.8, 4) is 0 Å². The Bertz CT molecular complexity index is 1020. The van der Waals surface area contributed by atoms with Gasteiger partial charge in [-0.2, -0.15) is 0 Å². The Morgan fingerprint density at radius 3 is 1.43 bits per heavy atom. The average molecular weight is 474 g/mol. The standard InChI is InChI=1S/C30H35NO4/c1-28(2,3)35-26(32)25(21-29(4,5)27(33)34)31-30(22-15-9-6-10-16-22,23-17-11-7-12-18-23)24-19-13-8-14-20-24/h6-20,25,31H,21H2,1-5H3,(H,33,34)/t25-/m0/s1. The third-order valence-corrected chi connectivity index (χ3v) is 6.00. The van der Waals surface area contributed by atoms with Crippen LogP contribution in [0.4, 0.5) is 0 Å². The number of nitrogens with one attached hydrogen (secondary N) is 1.